The van der Waals surface area contributed by atoms with Crippen molar-refractivity contribution in [3.63, 3.8) is 0 Å². The molecule has 3 aromatic rings. The van der Waals surface area contributed by atoms with Gasteiger partial charge in [-0.25, -0.2) is 9.67 Å². The smallest absolute Gasteiger partial charge is 0.224 e. The molecule has 2 N–H and O–H groups in total. The lowest BCUT2D eigenvalue weighted by molar-refractivity contribution is 0.839. The molecule has 6 heteroatoms. The van der Waals surface area contributed by atoms with E-state index in [1.807, 2.05) is 36.5 Å². The van der Waals surface area contributed by atoms with Crippen LogP contribution in [0.3, 0.4) is 0 Å². The van der Waals surface area contributed by atoms with Gasteiger partial charge in [-0.1, -0.05) is 30.3 Å². The Kier molecular flexibility index (Phi) is 3.12. The van der Waals surface area contributed by atoms with Crippen LogP contribution >= 0.6 is 11.6 Å². The summed E-state index contributed by atoms with van der Waals surface area (Å²) in [6.07, 6.45) is 3.63. The molecule has 0 radical (unpaired) electrons. The second-order valence-corrected chi connectivity index (χ2v) is 4.69. The lowest BCUT2D eigenvalue weighted by Gasteiger charge is -2.06. The van der Waals surface area contributed by atoms with Crippen LogP contribution in [0.5, 0.6) is 0 Å². The average molecular weight is 286 g/mol. The molecule has 0 fully saturated rings. The molecule has 0 aliphatic rings. The van der Waals surface area contributed by atoms with Crippen LogP contribution in [0.4, 0.5) is 5.69 Å². The van der Waals surface area contributed by atoms with Gasteiger partial charge in [-0.05, 0) is 24.1 Å². The highest BCUT2D eigenvalue weighted by Crippen LogP contribution is 2.23. The zero-order valence-electron chi connectivity index (χ0n) is 10.8. The number of benzene rings is 1. The molecular weight excluding hydrogens is 274 g/mol. The molecule has 3 rings (SSSR count). The Labute approximate surface area is 121 Å². The monoisotopic (exact) mass is 285 g/mol. The first-order valence-corrected chi connectivity index (χ1v) is 6.43. The molecule has 100 valence electrons. The highest BCUT2D eigenvalue weighted by atomic mass is 35.5. The first-order chi connectivity index (χ1) is 9.65. The van der Waals surface area contributed by atoms with E-state index in [0.29, 0.717) is 17.2 Å². The summed E-state index contributed by atoms with van der Waals surface area (Å²) in [7, 11) is 0. The molecule has 0 aliphatic heterocycles. The van der Waals surface area contributed by atoms with Gasteiger partial charge in [0.05, 0.1) is 17.6 Å². The quantitative estimate of drug-likeness (QED) is 0.735. The summed E-state index contributed by atoms with van der Waals surface area (Å²) in [6, 6.07) is 9.96. The van der Waals surface area contributed by atoms with Gasteiger partial charge >= 0.3 is 0 Å². The van der Waals surface area contributed by atoms with Crippen molar-refractivity contribution in [1.29, 1.82) is 0 Å². The normalized spacial score (nSPS) is 10.7. The molecule has 0 unspecified atom stereocenters. The van der Waals surface area contributed by atoms with Crippen molar-refractivity contribution in [3.8, 4) is 16.9 Å². The Morgan fingerprint density at radius 2 is 1.85 bits per heavy atom. The average Bonchev–Trinajstić information content (AvgIpc) is 2.93. The third-order valence-electron chi connectivity index (χ3n) is 3.00. The predicted octanol–water partition coefficient (Wildman–Crippen LogP) is 2.87. The van der Waals surface area contributed by atoms with E-state index in [9.17, 15) is 0 Å². The first kappa shape index (κ1) is 12.6. The van der Waals surface area contributed by atoms with Crippen molar-refractivity contribution in [2.45, 2.75) is 6.92 Å². The van der Waals surface area contributed by atoms with E-state index in [2.05, 4.69) is 15.1 Å². The minimum absolute atomic E-state index is 0.156. The van der Waals surface area contributed by atoms with Crippen LogP contribution in [-0.4, -0.2) is 19.7 Å². The van der Waals surface area contributed by atoms with Crippen molar-refractivity contribution in [1.82, 2.24) is 19.7 Å². The number of hydrogen-bond acceptors (Lipinski definition) is 4. The number of hydrogen-bond donors (Lipinski definition) is 1. The SMILES string of the molecule is Cc1nc(Cl)nc(-n2cc(-c3ccccc3)cn2)c1N. The van der Waals surface area contributed by atoms with E-state index in [1.54, 1.807) is 17.8 Å². The fourth-order valence-corrected chi connectivity index (χ4v) is 2.13. The van der Waals surface area contributed by atoms with E-state index in [0.717, 1.165) is 11.1 Å². The molecule has 1 aromatic carbocycles. The maximum absolute atomic E-state index is 5.99. The van der Waals surface area contributed by atoms with Crippen molar-refractivity contribution in [2.24, 2.45) is 0 Å². The second kappa shape index (κ2) is 4.94. The predicted molar refractivity (Wildman–Crippen MR) is 78.7 cm³/mol. The highest BCUT2D eigenvalue weighted by molar-refractivity contribution is 6.28. The third kappa shape index (κ3) is 2.23. The number of halogens is 1. The maximum Gasteiger partial charge on any atom is 0.224 e. The molecule has 5 nitrogen and oxygen atoms in total. The van der Waals surface area contributed by atoms with E-state index in [4.69, 9.17) is 17.3 Å². The Morgan fingerprint density at radius 3 is 2.60 bits per heavy atom. The molecule has 0 saturated heterocycles. The van der Waals surface area contributed by atoms with Gasteiger partial charge in [-0.3, -0.25) is 0 Å². The summed E-state index contributed by atoms with van der Waals surface area (Å²) in [6.45, 7) is 1.79. The second-order valence-electron chi connectivity index (χ2n) is 4.35. The van der Waals surface area contributed by atoms with Crippen LogP contribution < -0.4 is 5.73 Å². The first-order valence-electron chi connectivity index (χ1n) is 6.05. The Balaban J connectivity index is 2.07. The minimum Gasteiger partial charge on any atom is -0.394 e. The van der Waals surface area contributed by atoms with Crippen molar-refractivity contribution in [2.75, 3.05) is 5.73 Å². The summed E-state index contributed by atoms with van der Waals surface area (Å²) < 4.78 is 1.61. The molecular formula is C14H12ClN5. The molecule has 0 aliphatic carbocycles. The van der Waals surface area contributed by atoms with Crippen LogP contribution in [0, 0.1) is 6.92 Å². The van der Waals surface area contributed by atoms with Gasteiger partial charge in [0.1, 0.15) is 0 Å². The Morgan fingerprint density at radius 1 is 1.10 bits per heavy atom. The number of nitrogens with zero attached hydrogens (tertiary/aromatic N) is 4. The number of rotatable bonds is 2. The lowest BCUT2D eigenvalue weighted by atomic mass is 10.1. The van der Waals surface area contributed by atoms with Crippen LogP contribution in [0.2, 0.25) is 5.28 Å². The van der Waals surface area contributed by atoms with E-state index in [-0.39, 0.29) is 5.28 Å². The van der Waals surface area contributed by atoms with Gasteiger partial charge in [-0.2, -0.15) is 10.1 Å². The Bertz CT molecular complexity index is 752. The van der Waals surface area contributed by atoms with Gasteiger partial charge in [0.25, 0.3) is 0 Å². The molecule has 0 amide bonds. The Hall–Kier alpha value is -2.40. The van der Waals surface area contributed by atoms with Crippen molar-refractivity contribution < 1.29 is 0 Å². The molecule has 0 bridgehead atoms. The van der Waals surface area contributed by atoms with Crippen LogP contribution in [-0.2, 0) is 0 Å². The lowest BCUT2D eigenvalue weighted by Crippen LogP contribution is -2.07. The summed E-state index contributed by atoms with van der Waals surface area (Å²) >= 11 is 5.88. The highest BCUT2D eigenvalue weighted by Gasteiger charge is 2.11. The van der Waals surface area contributed by atoms with Gasteiger partial charge in [-0.15, -0.1) is 0 Å². The molecule has 20 heavy (non-hydrogen) atoms. The molecule has 2 aromatic heterocycles. The van der Waals surface area contributed by atoms with Gasteiger partial charge in [0.15, 0.2) is 5.82 Å². The van der Waals surface area contributed by atoms with Gasteiger partial charge in [0.2, 0.25) is 5.28 Å². The van der Waals surface area contributed by atoms with Crippen molar-refractivity contribution >= 4 is 17.3 Å². The topological polar surface area (TPSA) is 69.6 Å². The summed E-state index contributed by atoms with van der Waals surface area (Å²) in [4.78, 5) is 8.15. The van der Waals surface area contributed by atoms with E-state index >= 15 is 0 Å². The van der Waals surface area contributed by atoms with Crippen LogP contribution in [0.25, 0.3) is 16.9 Å². The third-order valence-corrected chi connectivity index (χ3v) is 3.16. The largest absolute Gasteiger partial charge is 0.394 e. The van der Waals surface area contributed by atoms with Gasteiger partial charge < -0.3 is 5.73 Å². The molecule has 0 saturated carbocycles. The number of anilines is 1. The number of aryl methyl sites for hydroxylation is 1. The summed E-state index contributed by atoms with van der Waals surface area (Å²) in [5, 5.41) is 4.45. The minimum atomic E-state index is 0.156. The number of aromatic nitrogens is 4. The molecule has 0 spiro atoms. The van der Waals surface area contributed by atoms with E-state index < -0.39 is 0 Å². The molecule has 0 atom stereocenters. The molecule has 2 heterocycles. The maximum atomic E-state index is 5.99. The fourth-order valence-electron chi connectivity index (χ4n) is 1.93. The summed E-state index contributed by atoms with van der Waals surface area (Å²) in [5.74, 6) is 0.490. The van der Waals surface area contributed by atoms with Crippen LogP contribution in [0.15, 0.2) is 42.7 Å². The van der Waals surface area contributed by atoms with Crippen LogP contribution in [0.1, 0.15) is 5.69 Å². The van der Waals surface area contributed by atoms with E-state index in [1.165, 1.54) is 0 Å². The number of nitrogen functional groups attached to an aromatic ring is 1. The number of nitrogens with two attached hydrogens (primary N) is 1. The van der Waals surface area contributed by atoms with Gasteiger partial charge in [0, 0.05) is 11.8 Å². The fraction of sp³-hybridized carbons (Fsp3) is 0.0714. The zero-order valence-corrected chi connectivity index (χ0v) is 11.5. The zero-order chi connectivity index (χ0) is 14.1. The standard InChI is InChI=1S/C14H12ClN5/c1-9-12(16)13(19-14(15)18-9)20-8-11(7-17-20)10-5-3-2-4-6-10/h2-8H,16H2,1H3. The summed E-state index contributed by atoms with van der Waals surface area (Å²) in [5.41, 5.74) is 9.15. The van der Waals surface area contributed by atoms with Crippen molar-refractivity contribution in [3.05, 3.63) is 53.7 Å².